The summed E-state index contributed by atoms with van der Waals surface area (Å²) >= 11 is 0. The van der Waals surface area contributed by atoms with Crippen LogP contribution in [0.25, 0.3) is 0 Å². The molecule has 2 rings (SSSR count). The third-order valence-corrected chi connectivity index (χ3v) is 3.88. The van der Waals surface area contributed by atoms with Gasteiger partial charge in [0.05, 0.1) is 17.0 Å². The smallest absolute Gasteiger partial charge is 0.361 e. The molecular formula is C13H12F3NO2S. The number of alkyl halides is 3. The molecule has 0 saturated carbocycles. The second kappa shape index (κ2) is 5.78. The van der Waals surface area contributed by atoms with Gasteiger partial charge in [-0.2, -0.15) is 13.2 Å². The van der Waals surface area contributed by atoms with Gasteiger partial charge in [-0.1, -0.05) is 23.4 Å². The summed E-state index contributed by atoms with van der Waals surface area (Å²) < 4.78 is 55.2. The minimum absolute atomic E-state index is 0.0264. The lowest BCUT2D eigenvalue weighted by molar-refractivity contribution is -0.138. The quantitative estimate of drug-likeness (QED) is 0.869. The molecule has 20 heavy (non-hydrogen) atoms. The first-order chi connectivity index (χ1) is 9.36. The number of benzene rings is 1. The van der Waals surface area contributed by atoms with E-state index in [0.29, 0.717) is 11.5 Å². The summed E-state index contributed by atoms with van der Waals surface area (Å²) in [5.41, 5.74) is -0.242. The van der Waals surface area contributed by atoms with E-state index in [1.807, 2.05) is 0 Å². The van der Waals surface area contributed by atoms with Crippen LogP contribution in [0.4, 0.5) is 13.2 Å². The molecule has 0 N–H and O–H groups in total. The van der Waals surface area contributed by atoms with Crippen molar-refractivity contribution in [3.8, 4) is 0 Å². The van der Waals surface area contributed by atoms with Crippen LogP contribution in [0, 0.1) is 6.92 Å². The van der Waals surface area contributed by atoms with Crippen molar-refractivity contribution in [1.82, 2.24) is 5.16 Å². The number of hydrogen-bond acceptors (Lipinski definition) is 3. The van der Waals surface area contributed by atoms with Gasteiger partial charge in [0, 0.05) is 22.6 Å². The summed E-state index contributed by atoms with van der Waals surface area (Å²) in [7, 11) is -1.48. The molecule has 3 nitrogen and oxygen atoms in total. The third kappa shape index (κ3) is 3.69. The van der Waals surface area contributed by atoms with Crippen molar-refractivity contribution in [2.45, 2.75) is 24.6 Å². The summed E-state index contributed by atoms with van der Waals surface area (Å²) in [6, 6.07) is 6.77. The Bertz CT molecular complexity index is 622. The molecule has 0 saturated heterocycles. The molecule has 0 bridgehead atoms. The van der Waals surface area contributed by atoms with E-state index in [4.69, 9.17) is 4.52 Å². The molecule has 0 aliphatic carbocycles. The Morgan fingerprint density at radius 3 is 2.55 bits per heavy atom. The van der Waals surface area contributed by atoms with Crippen molar-refractivity contribution in [3.05, 3.63) is 52.9 Å². The summed E-state index contributed by atoms with van der Waals surface area (Å²) in [5, 5.41) is 3.68. The van der Waals surface area contributed by atoms with Gasteiger partial charge < -0.3 is 4.52 Å². The molecule has 1 atom stereocenters. The van der Waals surface area contributed by atoms with Gasteiger partial charge >= 0.3 is 6.18 Å². The van der Waals surface area contributed by atoms with Crippen LogP contribution in [0.3, 0.4) is 0 Å². The molecule has 0 radical (unpaired) electrons. The van der Waals surface area contributed by atoms with E-state index < -0.39 is 22.5 Å². The molecule has 0 fully saturated rings. The van der Waals surface area contributed by atoms with Crippen LogP contribution >= 0.6 is 0 Å². The van der Waals surface area contributed by atoms with Gasteiger partial charge in [0.15, 0.2) is 0 Å². The second-order valence-electron chi connectivity index (χ2n) is 4.31. The lowest BCUT2D eigenvalue weighted by Gasteiger charge is -2.11. The van der Waals surface area contributed by atoms with Crippen molar-refractivity contribution >= 4 is 10.8 Å². The maximum absolute atomic E-state index is 12.8. The van der Waals surface area contributed by atoms with Gasteiger partial charge in [-0.15, -0.1) is 0 Å². The van der Waals surface area contributed by atoms with Crippen LogP contribution in [0.5, 0.6) is 0 Å². The van der Waals surface area contributed by atoms with Gasteiger partial charge in [0.2, 0.25) is 0 Å². The Morgan fingerprint density at radius 1 is 1.25 bits per heavy atom. The largest absolute Gasteiger partial charge is 0.416 e. The van der Waals surface area contributed by atoms with Crippen LogP contribution in [0.2, 0.25) is 0 Å². The number of aryl methyl sites for hydroxylation is 1. The summed E-state index contributed by atoms with van der Waals surface area (Å²) in [6.45, 7) is 1.69. The van der Waals surface area contributed by atoms with E-state index >= 15 is 0 Å². The van der Waals surface area contributed by atoms with Crippen LogP contribution in [-0.4, -0.2) is 9.37 Å². The summed E-state index contributed by atoms with van der Waals surface area (Å²) in [4.78, 5) is 0. The van der Waals surface area contributed by atoms with Gasteiger partial charge in [0.1, 0.15) is 5.76 Å². The molecule has 0 aliphatic rings. The highest BCUT2D eigenvalue weighted by Gasteiger charge is 2.33. The zero-order valence-electron chi connectivity index (χ0n) is 10.6. The van der Waals surface area contributed by atoms with Crippen molar-refractivity contribution < 1.29 is 21.9 Å². The number of nitrogens with zero attached hydrogens (tertiary/aromatic N) is 1. The minimum Gasteiger partial charge on any atom is -0.361 e. The van der Waals surface area contributed by atoms with Crippen LogP contribution in [-0.2, 0) is 28.5 Å². The molecule has 108 valence electrons. The van der Waals surface area contributed by atoms with E-state index in [1.165, 1.54) is 18.2 Å². The topological polar surface area (TPSA) is 43.1 Å². The highest BCUT2D eigenvalue weighted by atomic mass is 32.2. The standard InChI is InChI=1S/C13H12F3NO2S/c1-9-6-11(17-19-9)8-20(18)7-10-4-2-3-5-12(10)13(14,15)16/h2-6H,7-8H2,1H3/t20-/m1/s1. The Balaban J connectivity index is 2.12. The lowest BCUT2D eigenvalue weighted by Crippen LogP contribution is -2.11. The van der Waals surface area contributed by atoms with Crippen molar-refractivity contribution in [3.63, 3.8) is 0 Å². The number of hydrogen-bond donors (Lipinski definition) is 0. The SMILES string of the molecule is Cc1cc(C[S@](=O)Cc2ccccc2C(F)(F)F)no1. The molecule has 0 spiro atoms. The van der Waals surface area contributed by atoms with Gasteiger partial charge in [-0.3, -0.25) is 4.21 Å². The minimum atomic E-state index is -4.44. The highest BCUT2D eigenvalue weighted by Crippen LogP contribution is 2.32. The Morgan fingerprint density at radius 2 is 1.95 bits per heavy atom. The molecule has 1 aromatic carbocycles. The van der Waals surface area contributed by atoms with Crippen molar-refractivity contribution in [2.24, 2.45) is 0 Å². The summed E-state index contributed by atoms with van der Waals surface area (Å²) in [5.74, 6) is 0.484. The van der Waals surface area contributed by atoms with Gasteiger partial charge in [-0.05, 0) is 18.6 Å². The van der Waals surface area contributed by atoms with Gasteiger partial charge in [-0.25, -0.2) is 0 Å². The zero-order valence-corrected chi connectivity index (χ0v) is 11.4. The zero-order chi connectivity index (χ0) is 14.8. The monoisotopic (exact) mass is 303 g/mol. The van der Waals surface area contributed by atoms with E-state index in [0.717, 1.165) is 6.07 Å². The van der Waals surface area contributed by atoms with Crippen LogP contribution < -0.4 is 0 Å². The first-order valence-corrected chi connectivity index (χ1v) is 7.27. The predicted octanol–water partition coefficient (Wildman–Crippen LogP) is 3.45. The molecule has 7 heteroatoms. The fourth-order valence-corrected chi connectivity index (χ4v) is 2.96. The summed E-state index contributed by atoms with van der Waals surface area (Å²) in [6.07, 6.45) is -4.44. The molecular weight excluding hydrogens is 291 g/mol. The van der Waals surface area contributed by atoms with E-state index in [2.05, 4.69) is 5.16 Å². The second-order valence-corrected chi connectivity index (χ2v) is 5.77. The third-order valence-electron chi connectivity index (χ3n) is 2.62. The number of halogens is 3. The average molecular weight is 303 g/mol. The fourth-order valence-electron chi connectivity index (χ4n) is 1.80. The maximum atomic E-state index is 12.8. The first kappa shape index (κ1) is 14.8. The molecule has 2 aromatic rings. The normalized spacial score (nSPS) is 13.4. The predicted molar refractivity (Wildman–Crippen MR) is 68.2 cm³/mol. The first-order valence-electron chi connectivity index (χ1n) is 5.78. The molecule has 0 aliphatic heterocycles. The fraction of sp³-hybridized carbons (Fsp3) is 0.308. The Kier molecular flexibility index (Phi) is 4.27. The van der Waals surface area contributed by atoms with E-state index in [-0.39, 0.29) is 17.1 Å². The van der Waals surface area contributed by atoms with E-state index in [9.17, 15) is 17.4 Å². The number of aromatic nitrogens is 1. The Hall–Kier alpha value is -1.63. The number of rotatable bonds is 4. The maximum Gasteiger partial charge on any atom is 0.416 e. The molecule has 0 amide bonds. The highest BCUT2D eigenvalue weighted by molar-refractivity contribution is 7.83. The Labute approximate surface area is 116 Å². The van der Waals surface area contributed by atoms with Crippen molar-refractivity contribution in [2.75, 3.05) is 0 Å². The van der Waals surface area contributed by atoms with Crippen molar-refractivity contribution in [1.29, 1.82) is 0 Å². The lowest BCUT2D eigenvalue weighted by atomic mass is 10.1. The average Bonchev–Trinajstić information content (AvgIpc) is 2.73. The van der Waals surface area contributed by atoms with E-state index in [1.54, 1.807) is 13.0 Å². The molecule has 1 heterocycles. The van der Waals surface area contributed by atoms with Crippen LogP contribution in [0.15, 0.2) is 34.9 Å². The molecule has 0 unspecified atom stereocenters. The van der Waals surface area contributed by atoms with Gasteiger partial charge in [0.25, 0.3) is 0 Å². The van der Waals surface area contributed by atoms with Crippen LogP contribution in [0.1, 0.15) is 22.6 Å². The molecule has 1 aromatic heterocycles.